The summed E-state index contributed by atoms with van der Waals surface area (Å²) in [6, 6.07) is 8.77. The van der Waals surface area contributed by atoms with E-state index in [4.69, 9.17) is 16.7 Å². The average molecular weight is 458 g/mol. The number of carbonyl (C=O) groups excluding carboxylic acids is 1. The second-order valence-electron chi connectivity index (χ2n) is 8.34. The normalized spacial score (nSPS) is 16.2. The molecule has 1 aliphatic rings. The molecule has 9 heteroatoms. The van der Waals surface area contributed by atoms with E-state index < -0.39 is 12.1 Å². The van der Waals surface area contributed by atoms with Gasteiger partial charge < -0.3 is 15.5 Å². The van der Waals surface area contributed by atoms with Gasteiger partial charge in [0, 0.05) is 34.6 Å². The van der Waals surface area contributed by atoms with Crippen molar-refractivity contribution in [3.63, 3.8) is 0 Å². The van der Waals surface area contributed by atoms with Gasteiger partial charge in [-0.3, -0.25) is 14.2 Å². The lowest BCUT2D eigenvalue weighted by molar-refractivity contribution is -0.120. The predicted octanol–water partition coefficient (Wildman–Crippen LogP) is 3.51. The van der Waals surface area contributed by atoms with Crippen LogP contribution in [0.25, 0.3) is 11.1 Å². The van der Waals surface area contributed by atoms with Crippen molar-refractivity contribution in [3.05, 3.63) is 53.9 Å². The number of aromatic nitrogens is 4. The van der Waals surface area contributed by atoms with Gasteiger partial charge in [0.05, 0.1) is 25.5 Å². The molecular formula is C23H28ClN5O3. The summed E-state index contributed by atoms with van der Waals surface area (Å²) in [7, 11) is 0. The van der Waals surface area contributed by atoms with Gasteiger partial charge in [-0.05, 0) is 18.4 Å². The lowest BCUT2D eigenvalue weighted by Gasteiger charge is -2.20. The summed E-state index contributed by atoms with van der Waals surface area (Å²) in [4.78, 5) is 13.3. The zero-order chi connectivity index (χ0) is 22.5. The van der Waals surface area contributed by atoms with Crippen LogP contribution in [0.2, 0.25) is 5.02 Å². The van der Waals surface area contributed by atoms with Crippen molar-refractivity contribution in [1.29, 1.82) is 0 Å². The molecule has 0 unspecified atom stereocenters. The Morgan fingerprint density at radius 2 is 2.03 bits per heavy atom. The molecule has 1 aromatic carbocycles. The molecule has 0 radical (unpaired) electrons. The molecule has 8 nitrogen and oxygen atoms in total. The molecule has 2 aromatic heterocycles. The van der Waals surface area contributed by atoms with Crippen LogP contribution in [0.4, 0.5) is 5.82 Å². The van der Waals surface area contributed by atoms with E-state index in [1.807, 2.05) is 30.5 Å². The van der Waals surface area contributed by atoms with Gasteiger partial charge in [-0.15, -0.1) is 0 Å². The third kappa shape index (κ3) is 5.38. The number of rotatable bonds is 9. The summed E-state index contributed by atoms with van der Waals surface area (Å²) in [5.74, 6) is 0.699. The number of hydrogen-bond donors (Lipinski definition) is 3. The molecule has 32 heavy (non-hydrogen) atoms. The summed E-state index contributed by atoms with van der Waals surface area (Å²) in [6.45, 7) is -0.198. The van der Waals surface area contributed by atoms with E-state index in [0.29, 0.717) is 23.2 Å². The Labute approximate surface area is 191 Å². The van der Waals surface area contributed by atoms with E-state index in [2.05, 4.69) is 15.5 Å². The van der Waals surface area contributed by atoms with Crippen LogP contribution >= 0.6 is 11.6 Å². The van der Waals surface area contributed by atoms with Crippen molar-refractivity contribution >= 4 is 23.3 Å². The van der Waals surface area contributed by atoms with Crippen LogP contribution in [0.3, 0.4) is 0 Å². The van der Waals surface area contributed by atoms with E-state index in [1.165, 1.54) is 17.5 Å². The maximum Gasteiger partial charge on any atom is 0.250 e. The Bertz CT molecular complexity index is 1040. The monoisotopic (exact) mass is 457 g/mol. The number of nitrogens with one attached hydrogen (secondary N) is 1. The van der Waals surface area contributed by atoms with Crippen molar-refractivity contribution in [3.8, 4) is 11.1 Å². The number of anilines is 1. The largest absolute Gasteiger partial charge is 0.394 e. The van der Waals surface area contributed by atoms with Crippen LogP contribution in [-0.4, -0.2) is 48.4 Å². The highest BCUT2D eigenvalue weighted by molar-refractivity contribution is 6.33. The third-order valence-electron chi connectivity index (χ3n) is 5.94. The number of hydrogen-bond acceptors (Lipinski definition) is 5. The van der Waals surface area contributed by atoms with Gasteiger partial charge in [-0.1, -0.05) is 55.5 Å². The summed E-state index contributed by atoms with van der Waals surface area (Å²) >= 11 is 6.34. The first-order chi connectivity index (χ1) is 15.5. The van der Waals surface area contributed by atoms with Crippen molar-refractivity contribution in [2.45, 2.75) is 50.8 Å². The fraction of sp³-hybridized carbons (Fsp3) is 0.435. The van der Waals surface area contributed by atoms with Crippen LogP contribution < -0.4 is 5.32 Å². The first-order valence-electron chi connectivity index (χ1n) is 11.0. The fourth-order valence-corrected chi connectivity index (χ4v) is 4.50. The highest BCUT2D eigenvalue weighted by Crippen LogP contribution is 2.34. The zero-order valence-electron chi connectivity index (χ0n) is 17.8. The Hall–Kier alpha value is -2.68. The molecule has 4 rings (SSSR count). The average Bonchev–Trinajstić information content (AvgIpc) is 3.55. The molecule has 170 valence electrons. The first kappa shape index (κ1) is 22.5. The zero-order valence-corrected chi connectivity index (χ0v) is 18.5. The van der Waals surface area contributed by atoms with Crippen LogP contribution in [0.5, 0.6) is 0 Å². The number of halogens is 1. The third-order valence-corrected chi connectivity index (χ3v) is 6.27. The fourth-order valence-electron chi connectivity index (χ4n) is 4.25. The minimum atomic E-state index is -0.902. The standard InChI is InChI=1S/C23H28ClN5O3/c24-20-8-4-3-7-19(20)17-12-25-29(13-17)21(11-16-5-1-2-6-16)23(32)26-22-9-10-28(27-22)14-18(31)15-30/h3-4,7-10,12-13,16,18,21,30-31H,1-2,5-6,11,14-15H2,(H,26,27,32)/t18-,21+/m1/s1. The molecule has 0 spiro atoms. The second-order valence-corrected chi connectivity index (χ2v) is 8.75. The molecule has 1 aliphatic carbocycles. The summed E-state index contributed by atoms with van der Waals surface area (Å²) in [5, 5.41) is 30.9. The molecule has 1 saturated carbocycles. The van der Waals surface area contributed by atoms with Gasteiger partial charge in [-0.2, -0.15) is 10.2 Å². The Morgan fingerprint density at radius 1 is 1.25 bits per heavy atom. The Kier molecular flexibility index (Phi) is 7.24. The highest BCUT2D eigenvalue weighted by Gasteiger charge is 2.28. The molecule has 0 aliphatic heterocycles. The summed E-state index contributed by atoms with van der Waals surface area (Å²) < 4.78 is 3.21. The predicted molar refractivity (Wildman–Crippen MR) is 122 cm³/mol. The molecule has 3 N–H and O–H groups in total. The number of amides is 1. The van der Waals surface area contributed by atoms with Gasteiger partial charge in [-0.25, -0.2) is 0 Å². The Morgan fingerprint density at radius 3 is 2.78 bits per heavy atom. The highest BCUT2D eigenvalue weighted by atomic mass is 35.5. The van der Waals surface area contributed by atoms with Crippen molar-refractivity contribution in [1.82, 2.24) is 19.6 Å². The number of nitrogens with zero attached hydrogens (tertiary/aromatic N) is 4. The minimum Gasteiger partial charge on any atom is -0.394 e. The number of aliphatic hydroxyl groups excluding tert-OH is 2. The second kappa shape index (κ2) is 10.3. The van der Waals surface area contributed by atoms with Gasteiger partial charge in [0.1, 0.15) is 6.04 Å². The van der Waals surface area contributed by atoms with Crippen molar-refractivity contribution in [2.24, 2.45) is 5.92 Å². The van der Waals surface area contributed by atoms with Crippen LogP contribution in [0, 0.1) is 5.92 Å². The molecule has 3 aromatic rings. The van der Waals surface area contributed by atoms with E-state index in [-0.39, 0.29) is 19.1 Å². The van der Waals surface area contributed by atoms with Gasteiger partial charge in [0.2, 0.25) is 5.91 Å². The van der Waals surface area contributed by atoms with E-state index in [0.717, 1.165) is 24.0 Å². The summed E-state index contributed by atoms with van der Waals surface area (Å²) in [5.41, 5.74) is 1.74. The maximum absolute atomic E-state index is 13.3. The molecule has 1 fully saturated rings. The van der Waals surface area contributed by atoms with E-state index in [9.17, 15) is 9.90 Å². The van der Waals surface area contributed by atoms with E-state index >= 15 is 0 Å². The Balaban J connectivity index is 1.53. The molecular weight excluding hydrogens is 430 g/mol. The lowest BCUT2D eigenvalue weighted by Crippen LogP contribution is -2.28. The molecule has 0 saturated heterocycles. The lowest BCUT2D eigenvalue weighted by atomic mass is 9.98. The van der Waals surface area contributed by atoms with Crippen molar-refractivity contribution in [2.75, 3.05) is 11.9 Å². The van der Waals surface area contributed by atoms with Gasteiger partial charge >= 0.3 is 0 Å². The SMILES string of the molecule is O=C(Nc1ccn(C[C@@H](O)CO)n1)[C@H](CC1CCCC1)n1cc(-c2ccccc2Cl)cn1. The number of benzene rings is 1. The molecule has 1 amide bonds. The maximum atomic E-state index is 13.3. The molecule has 2 atom stereocenters. The van der Waals surface area contributed by atoms with Crippen molar-refractivity contribution < 1.29 is 15.0 Å². The number of carbonyl (C=O) groups is 1. The van der Waals surface area contributed by atoms with Crippen LogP contribution in [0.15, 0.2) is 48.9 Å². The molecule has 0 bridgehead atoms. The van der Waals surface area contributed by atoms with Gasteiger partial charge in [0.15, 0.2) is 5.82 Å². The quantitative estimate of drug-likeness (QED) is 0.456. The first-order valence-corrected chi connectivity index (χ1v) is 11.3. The topological polar surface area (TPSA) is 105 Å². The molecule has 2 heterocycles. The van der Waals surface area contributed by atoms with Crippen LogP contribution in [-0.2, 0) is 11.3 Å². The smallest absolute Gasteiger partial charge is 0.250 e. The van der Waals surface area contributed by atoms with Crippen LogP contribution in [0.1, 0.15) is 38.1 Å². The minimum absolute atomic E-state index is 0.151. The number of aliphatic hydroxyl groups is 2. The van der Waals surface area contributed by atoms with E-state index in [1.54, 1.807) is 23.1 Å². The van der Waals surface area contributed by atoms with Gasteiger partial charge in [0.25, 0.3) is 0 Å². The summed E-state index contributed by atoms with van der Waals surface area (Å²) in [6.07, 6.45) is 9.70.